The van der Waals surface area contributed by atoms with Gasteiger partial charge in [-0.3, -0.25) is 19.7 Å². The smallest absolute Gasteiger partial charge is 0.269 e. The number of carbonyl (C=O) groups excluding carboxylic acids is 1. The molecular formula is C27H25Cl2N3O4. The molecule has 2 heterocycles. The van der Waals surface area contributed by atoms with Crippen LogP contribution in [0.2, 0.25) is 10.0 Å². The molecule has 0 N–H and O–H groups in total. The van der Waals surface area contributed by atoms with Crippen LogP contribution in [0.5, 0.6) is 0 Å². The fraction of sp³-hybridized carbons (Fsp3) is 0.296. The molecular weight excluding hydrogens is 501 g/mol. The Kier molecular flexibility index (Phi) is 7.14. The fourth-order valence-corrected chi connectivity index (χ4v) is 5.30. The number of nitro benzene ring substituents is 1. The van der Waals surface area contributed by atoms with Gasteiger partial charge in [0.1, 0.15) is 0 Å². The van der Waals surface area contributed by atoms with Gasteiger partial charge in [0, 0.05) is 41.2 Å². The van der Waals surface area contributed by atoms with Crippen molar-refractivity contribution in [3.63, 3.8) is 0 Å². The molecule has 0 aromatic heterocycles. The van der Waals surface area contributed by atoms with Gasteiger partial charge in [-0.15, -0.1) is 0 Å². The maximum atomic E-state index is 13.8. The monoisotopic (exact) mass is 525 g/mol. The maximum absolute atomic E-state index is 13.8. The van der Waals surface area contributed by atoms with E-state index < -0.39 is 17.1 Å². The average molecular weight is 526 g/mol. The summed E-state index contributed by atoms with van der Waals surface area (Å²) >= 11 is 12.3. The number of nitro groups is 1. The lowest BCUT2D eigenvalue weighted by Crippen LogP contribution is -2.44. The van der Waals surface area contributed by atoms with Crippen LogP contribution in [-0.2, 0) is 9.63 Å². The van der Waals surface area contributed by atoms with Gasteiger partial charge in [0.05, 0.1) is 16.7 Å². The van der Waals surface area contributed by atoms with Crippen molar-refractivity contribution < 1.29 is 14.6 Å². The molecule has 0 bridgehead atoms. The van der Waals surface area contributed by atoms with Crippen LogP contribution in [0.25, 0.3) is 0 Å². The second-order valence-electron chi connectivity index (χ2n) is 9.08. The number of carbonyl (C=O) groups is 1. The molecule has 36 heavy (non-hydrogen) atoms. The Morgan fingerprint density at radius 2 is 1.39 bits per heavy atom. The molecule has 3 atom stereocenters. The number of amides is 1. The number of anilines is 1. The lowest BCUT2D eigenvalue weighted by molar-refractivity contribution is -0.384. The van der Waals surface area contributed by atoms with Gasteiger partial charge in [-0.25, -0.2) is 5.06 Å². The summed E-state index contributed by atoms with van der Waals surface area (Å²) in [5, 5.41) is 14.2. The Hall–Kier alpha value is -3.13. The summed E-state index contributed by atoms with van der Waals surface area (Å²) in [5.41, 5.74) is 2.43. The highest BCUT2D eigenvalue weighted by Crippen LogP contribution is 2.48. The topological polar surface area (TPSA) is 75.9 Å². The number of rotatable bonds is 5. The number of benzene rings is 3. The maximum Gasteiger partial charge on any atom is 0.269 e. The Morgan fingerprint density at radius 3 is 1.97 bits per heavy atom. The van der Waals surface area contributed by atoms with E-state index >= 15 is 0 Å². The second-order valence-corrected chi connectivity index (χ2v) is 9.96. The normalized spacial score (nSPS) is 22.0. The first-order chi connectivity index (χ1) is 17.4. The van der Waals surface area contributed by atoms with Gasteiger partial charge in [0.2, 0.25) is 0 Å². The predicted octanol–water partition coefficient (Wildman–Crippen LogP) is 6.56. The first kappa shape index (κ1) is 24.6. The molecule has 3 aromatic rings. The van der Waals surface area contributed by atoms with Crippen LogP contribution >= 0.6 is 23.2 Å². The van der Waals surface area contributed by atoms with Crippen molar-refractivity contribution in [2.75, 3.05) is 18.2 Å². The standard InChI is InChI=1S/C27H25Cl2N3O4/c28-20-8-4-18(5-9-20)24-25(19-6-12-23(13-7-19)32(34)35)31(22-14-10-21(29)11-15-22)36-26(24)27(33)30-16-2-1-3-17-30/h4-15,24-26H,1-3,16-17H2/t24-,25-,26-/m0/s1. The van der Waals surface area contributed by atoms with E-state index in [1.807, 2.05) is 29.2 Å². The summed E-state index contributed by atoms with van der Waals surface area (Å²) in [6, 6.07) is 20.6. The molecule has 186 valence electrons. The van der Waals surface area contributed by atoms with Gasteiger partial charge in [-0.2, -0.15) is 0 Å². The average Bonchev–Trinajstić information content (AvgIpc) is 3.30. The quantitative estimate of drug-likeness (QED) is 0.278. The first-order valence-electron chi connectivity index (χ1n) is 11.9. The summed E-state index contributed by atoms with van der Waals surface area (Å²) < 4.78 is 0. The third-order valence-electron chi connectivity index (χ3n) is 6.84. The molecule has 2 saturated heterocycles. The minimum Gasteiger partial charge on any atom is -0.340 e. The van der Waals surface area contributed by atoms with Gasteiger partial charge >= 0.3 is 0 Å². The first-order valence-corrected chi connectivity index (χ1v) is 12.7. The Morgan fingerprint density at radius 1 is 0.833 bits per heavy atom. The van der Waals surface area contributed by atoms with Crippen molar-refractivity contribution >= 4 is 40.5 Å². The van der Waals surface area contributed by atoms with Gasteiger partial charge < -0.3 is 4.90 Å². The molecule has 2 fully saturated rings. The molecule has 0 unspecified atom stereocenters. The number of hydrogen-bond donors (Lipinski definition) is 0. The van der Waals surface area contributed by atoms with Crippen LogP contribution in [-0.4, -0.2) is 34.9 Å². The number of halogens is 2. The lowest BCUT2D eigenvalue weighted by atomic mass is 9.83. The summed E-state index contributed by atoms with van der Waals surface area (Å²) in [7, 11) is 0. The highest BCUT2D eigenvalue weighted by atomic mass is 35.5. The largest absolute Gasteiger partial charge is 0.340 e. The number of hydrogen-bond acceptors (Lipinski definition) is 5. The molecule has 2 aliphatic rings. The number of likely N-dealkylation sites (tertiary alicyclic amines) is 1. The molecule has 0 spiro atoms. The molecule has 5 rings (SSSR count). The minimum atomic E-state index is -0.778. The highest BCUT2D eigenvalue weighted by Gasteiger charge is 2.50. The van der Waals surface area contributed by atoms with Crippen molar-refractivity contribution in [2.45, 2.75) is 37.3 Å². The van der Waals surface area contributed by atoms with Crippen LogP contribution in [0.15, 0.2) is 72.8 Å². The highest BCUT2D eigenvalue weighted by molar-refractivity contribution is 6.30. The van der Waals surface area contributed by atoms with Crippen molar-refractivity contribution in [1.82, 2.24) is 4.90 Å². The van der Waals surface area contributed by atoms with E-state index in [4.69, 9.17) is 28.0 Å². The van der Waals surface area contributed by atoms with Crippen molar-refractivity contribution in [2.24, 2.45) is 0 Å². The number of non-ortho nitro benzene ring substituents is 1. The molecule has 0 aliphatic carbocycles. The second kappa shape index (κ2) is 10.5. The molecule has 7 nitrogen and oxygen atoms in total. The number of hydroxylamine groups is 1. The fourth-order valence-electron chi connectivity index (χ4n) is 5.05. The van der Waals surface area contributed by atoms with Gasteiger partial charge in [0.25, 0.3) is 11.6 Å². The van der Waals surface area contributed by atoms with Crippen molar-refractivity contribution in [3.05, 3.63) is 104 Å². The zero-order valence-electron chi connectivity index (χ0n) is 19.4. The predicted molar refractivity (Wildman–Crippen MR) is 139 cm³/mol. The number of nitrogens with zero attached hydrogens (tertiary/aromatic N) is 3. The zero-order valence-corrected chi connectivity index (χ0v) is 20.9. The molecule has 0 radical (unpaired) electrons. The van der Waals surface area contributed by atoms with E-state index in [1.54, 1.807) is 41.5 Å². The SMILES string of the molecule is O=C([C@H]1ON(c2ccc(Cl)cc2)[C@@H](c2ccc([N+](=O)[O-])cc2)[C@@H]1c1ccc(Cl)cc1)N1CCCCC1. The van der Waals surface area contributed by atoms with Crippen LogP contribution in [0, 0.1) is 10.1 Å². The molecule has 3 aromatic carbocycles. The number of piperidine rings is 1. The van der Waals surface area contributed by atoms with Crippen LogP contribution in [0.1, 0.15) is 42.3 Å². The van der Waals surface area contributed by atoms with Crippen LogP contribution in [0.4, 0.5) is 11.4 Å². The minimum absolute atomic E-state index is 0.000283. The van der Waals surface area contributed by atoms with Crippen LogP contribution < -0.4 is 5.06 Å². The van der Waals surface area contributed by atoms with E-state index in [9.17, 15) is 14.9 Å². The molecule has 0 saturated carbocycles. The summed E-state index contributed by atoms with van der Waals surface area (Å²) in [6.45, 7) is 1.41. The Bertz CT molecular complexity index is 1230. The van der Waals surface area contributed by atoms with Crippen molar-refractivity contribution in [3.8, 4) is 0 Å². The molecule has 9 heteroatoms. The zero-order chi connectivity index (χ0) is 25.2. The van der Waals surface area contributed by atoms with E-state index in [-0.39, 0.29) is 17.5 Å². The van der Waals surface area contributed by atoms with E-state index in [0.29, 0.717) is 23.1 Å². The van der Waals surface area contributed by atoms with E-state index in [0.717, 1.165) is 36.1 Å². The molecule has 2 aliphatic heterocycles. The van der Waals surface area contributed by atoms with Gasteiger partial charge in [-0.05, 0) is 66.8 Å². The van der Waals surface area contributed by atoms with Crippen molar-refractivity contribution in [1.29, 1.82) is 0 Å². The Labute approximate surface area is 219 Å². The van der Waals surface area contributed by atoms with E-state index in [2.05, 4.69) is 0 Å². The third-order valence-corrected chi connectivity index (χ3v) is 7.34. The molecule has 1 amide bonds. The summed E-state index contributed by atoms with van der Waals surface area (Å²) in [6.07, 6.45) is 2.27. The Balaban J connectivity index is 1.62. The third kappa shape index (κ3) is 4.91. The van der Waals surface area contributed by atoms with E-state index in [1.165, 1.54) is 12.1 Å². The van der Waals surface area contributed by atoms with Gasteiger partial charge in [0.15, 0.2) is 6.10 Å². The summed E-state index contributed by atoms with van der Waals surface area (Å²) in [5.74, 6) is -0.438. The lowest BCUT2D eigenvalue weighted by Gasteiger charge is -2.30. The van der Waals surface area contributed by atoms with Gasteiger partial charge in [-0.1, -0.05) is 47.5 Å². The van der Waals surface area contributed by atoms with Crippen LogP contribution in [0.3, 0.4) is 0 Å². The summed E-state index contributed by atoms with van der Waals surface area (Å²) in [4.78, 5) is 33.1.